The summed E-state index contributed by atoms with van der Waals surface area (Å²) in [6, 6.07) is 8.70. The van der Waals surface area contributed by atoms with E-state index < -0.39 is 0 Å². The SMILES string of the molecule is Cc1cncnc1CC(=O)c1cccc(C#N)c1. The summed E-state index contributed by atoms with van der Waals surface area (Å²) in [4.78, 5) is 20.0. The fourth-order valence-corrected chi connectivity index (χ4v) is 1.63. The molecule has 0 aliphatic rings. The van der Waals surface area contributed by atoms with Crippen LogP contribution < -0.4 is 0 Å². The first-order valence-corrected chi connectivity index (χ1v) is 5.49. The summed E-state index contributed by atoms with van der Waals surface area (Å²) >= 11 is 0. The van der Waals surface area contributed by atoms with Crippen molar-refractivity contribution in [1.29, 1.82) is 5.26 Å². The zero-order valence-corrected chi connectivity index (χ0v) is 9.92. The second kappa shape index (κ2) is 5.19. The van der Waals surface area contributed by atoms with E-state index in [9.17, 15) is 4.79 Å². The van der Waals surface area contributed by atoms with E-state index in [1.165, 1.54) is 6.33 Å². The number of rotatable bonds is 3. The molecule has 4 nitrogen and oxygen atoms in total. The van der Waals surface area contributed by atoms with Gasteiger partial charge in [-0.3, -0.25) is 4.79 Å². The topological polar surface area (TPSA) is 66.6 Å². The number of Topliss-reactive ketones (excluding diaryl/α,β-unsaturated/α-hetero) is 1. The van der Waals surface area contributed by atoms with Crippen LogP contribution in [0.1, 0.15) is 27.2 Å². The third-order valence-corrected chi connectivity index (χ3v) is 2.65. The average molecular weight is 237 g/mol. The molecule has 0 radical (unpaired) electrons. The van der Waals surface area contributed by atoms with Crippen LogP contribution in [-0.2, 0) is 6.42 Å². The average Bonchev–Trinajstić information content (AvgIpc) is 2.41. The smallest absolute Gasteiger partial charge is 0.168 e. The molecular formula is C14H11N3O. The molecule has 0 atom stereocenters. The van der Waals surface area contributed by atoms with Crippen LogP contribution in [0.3, 0.4) is 0 Å². The van der Waals surface area contributed by atoms with Gasteiger partial charge < -0.3 is 0 Å². The number of carbonyl (C=O) groups excluding carboxylic acids is 1. The molecule has 0 aliphatic heterocycles. The summed E-state index contributed by atoms with van der Waals surface area (Å²) in [7, 11) is 0. The maximum Gasteiger partial charge on any atom is 0.168 e. The van der Waals surface area contributed by atoms with E-state index in [1.807, 2.05) is 13.0 Å². The minimum atomic E-state index is -0.0473. The Labute approximate surface area is 105 Å². The zero-order chi connectivity index (χ0) is 13.0. The standard InChI is InChI=1S/C14H11N3O/c1-10-8-16-9-17-13(10)6-14(18)12-4-2-3-11(5-12)7-15/h2-5,8-9H,6H2,1H3. The second-order valence-corrected chi connectivity index (χ2v) is 3.95. The molecule has 18 heavy (non-hydrogen) atoms. The minimum absolute atomic E-state index is 0.0473. The van der Waals surface area contributed by atoms with Gasteiger partial charge in [-0.05, 0) is 24.6 Å². The Morgan fingerprint density at radius 2 is 2.28 bits per heavy atom. The van der Waals surface area contributed by atoms with E-state index in [0.29, 0.717) is 11.1 Å². The third kappa shape index (κ3) is 2.58. The highest BCUT2D eigenvalue weighted by Crippen LogP contribution is 2.10. The summed E-state index contributed by atoms with van der Waals surface area (Å²) in [5.41, 5.74) is 2.63. The van der Waals surface area contributed by atoms with Gasteiger partial charge in [0, 0.05) is 11.8 Å². The van der Waals surface area contributed by atoms with Crippen molar-refractivity contribution in [2.45, 2.75) is 13.3 Å². The summed E-state index contributed by atoms with van der Waals surface area (Å²) in [6.07, 6.45) is 3.34. The van der Waals surface area contributed by atoms with E-state index >= 15 is 0 Å². The van der Waals surface area contributed by atoms with Crippen molar-refractivity contribution in [3.05, 3.63) is 59.2 Å². The molecule has 0 fully saturated rings. The molecule has 1 heterocycles. The zero-order valence-electron chi connectivity index (χ0n) is 9.92. The van der Waals surface area contributed by atoms with Crippen LogP contribution in [0, 0.1) is 18.3 Å². The molecule has 88 valence electrons. The van der Waals surface area contributed by atoms with Gasteiger partial charge in [0.15, 0.2) is 5.78 Å². The number of nitriles is 1. The van der Waals surface area contributed by atoms with Crippen molar-refractivity contribution in [3.63, 3.8) is 0 Å². The normalized spacial score (nSPS) is 9.78. The van der Waals surface area contributed by atoms with Gasteiger partial charge in [0.2, 0.25) is 0 Å². The monoisotopic (exact) mass is 237 g/mol. The molecule has 0 saturated carbocycles. The largest absolute Gasteiger partial charge is 0.294 e. The molecule has 0 aliphatic carbocycles. The highest BCUT2D eigenvalue weighted by Gasteiger charge is 2.10. The number of benzene rings is 1. The van der Waals surface area contributed by atoms with E-state index in [-0.39, 0.29) is 12.2 Å². The van der Waals surface area contributed by atoms with Crippen LogP contribution in [0.5, 0.6) is 0 Å². The summed E-state index contributed by atoms with van der Waals surface area (Å²) in [6.45, 7) is 1.87. The Balaban J connectivity index is 2.23. The van der Waals surface area contributed by atoms with Crippen LogP contribution in [0.25, 0.3) is 0 Å². The van der Waals surface area contributed by atoms with E-state index in [1.54, 1.807) is 30.5 Å². The van der Waals surface area contributed by atoms with Crippen molar-refractivity contribution in [2.24, 2.45) is 0 Å². The molecule has 2 aromatic rings. The molecular weight excluding hydrogens is 226 g/mol. The number of carbonyl (C=O) groups is 1. The Kier molecular flexibility index (Phi) is 3.44. The van der Waals surface area contributed by atoms with Crippen LogP contribution in [0.4, 0.5) is 0 Å². The number of hydrogen-bond donors (Lipinski definition) is 0. The Hall–Kier alpha value is -2.54. The number of nitrogens with zero attached hydrogens (tertiary/aromatic N) is 3. The van der Waals surface area contributed by atoms with Crippen LogP contribution >= 0.6 is 0 Å². The quantitative estimate of drug-likeness (QED) is 0.766. The predicted molar refractivity (Wildman–Crippen MR) is 66.0 cm³/mol. The lowest BCUT2D eigenvalue weighted by atomic mass is 10.0. The van der Waals surface area contributed by atoms with E-state index in [0.717, 1.165) is 11.3 Å². The van der Waals surface area contributed by atoms with E-state index in [2.05, 4.69) is 9.97 Å². The second-order valence-electron chi connectivity index (χ2n) is 3.95. The van der Waals surface area contributed by atoms with Crippen molar-refractivity contribution in [2.75, 3.05) is 0 Å². The first kappa shape index (κ1) is 11.9. The Bertz CT molecular complexity index is 629. The Morgan fingerprint density at radius 1 is 1.44 bits per heavy atom. The fourth-order valence-electron chi connectivity index (χ4n) is 1.63. The molecule has 2 rings (SSSR count). The number of hydrogen-bond acceptors (Lipinski definition) is 4. The summed E-state index contributed by atoms with van der Waals surface area (Å²) < 4.78 is 0. The molecule has 1 aromatic heterocycles. The van der Waals surface area contributed by atoms with Crippen LogP contribution in [-0.4, -0.2) is 15.8 Å². The van der Waals surface area contributed by atoms with Crippen molar-refractivity contribution in [1.82, 2.24) is 9.97 Å². The van der Waals surface area contributed by atoms with Gasteiger partial charge in [0.05, 0.1) is 23.7 Å². The number of aromatic nitrogens is 2. The van der Waals surface area contributed by atoms with Crippen LogP contribution in [0.2, 0.25) is 0 Å². The molecule has 0 N–H and O–H groups in total. The maximum atomic E-state index is 12.1. The van der Waals surface area contributed by atoms with E-state index in [4.69, 9.17) is 5.26 Å². The first-order valence-electron chi connectivity index (χ1n) is 5.49. The molecule has 0 spiro atoms. The van der Waals surface area contributed by atoms with Gasteiger partial charge >= 0.3 is 0 Å². The number of aryl methyl sites for hydroxylation is 1. The summed E-state index contributed by atoms with van der Waals surface area (Å²) in [5.74, 6) is -0.0473. The lowest BCUT2D eigenvalue weighted by Crippen LogP contribution is -2.07. The van der Waals surface area contributed by atoms with Crippen LogP contribution in [0.15, 0.2) is 36.8 Å². The van der Waals surface area contributed by atoms with Crippen molar-refractivity contribution < 1.29 is 4.79 Å². The minimum Gasteiger partial charge on any atom is -0.294 e. The summed E-state index contributed by atoms with van der Waals surface area (Å²) in [5, 5.41) is 8.80. The van der Waals surface area contributed by atoms with Gasteiger partial charge in [-0.25, -0.2) is 9.97 Å². The molecule has 0 unspecified atom stereocenters. The van der Waals surface area contributed by atoms with Gasteiger partial charge in [0.25, 0.3) is 0 Å². The van der Waals surface area contributed by atoms with Crippen molar-refractivity contribution in [3.8, 4) is 6.07 Å². The van der Waals surface area contributed by atoms with Crippen molar-refractivity contribution >= 4 is 5.78 Å². The first-order chi connectivity index (χ1) is 8.70. The molecule has 0 amide bonds. The highest BCUT2D eigenvalue weighted by atomic mass is 16.1. The highest BCUT2D eigenvalue weighted by molar-refractivity contribution is 5.97. The Morgan fingerprint density at radius 3 is 3.00 bits per heavy atom. The van der Waals surface area contributed by atoms with Gasteiger partial charge in [0.1, 0.15) is 6.33 Å². The maximum absolute atomic E-state index is 12.1. The third-order valence-electron chi connectivity index (χ3n) is 2.65. The lowest BCUT2D eigenvalue weighted by molar-refractivity contribution is 0.0991. The number of ketones is 1. The lowest BCUT2D eigenvalue weighted by Gasteiger charge is -2.03. The van der Waals surface area contributed by atoms with Gasteiger partial charge in [-0.2, -0.15) is 5.26 Å². The molecule has 4 heteroatoms. The predicted octanol–water partition coefficient (Wildman–Crippen LogP) is 2.08. The molecule has 1 aromatic carbocycles. The van der Waals surface area contributed by atoms with Gasteiger partial charge in [-0.1, -0.05) is 12.1 Å². The van der Waals surface area contributed by atoms with Gasteiger partial charge in [-0.15, -0.1) is 0 Å². The molecule has 0 saturated heterocycles. The molecule has 0 bridgehead atoms. The fraction of sp³-hybridized carbons (Fsp3) is 0.143.